The van der Waals surface area contributed by atoms with Gasteiger partial charge >= 0.3 is 0 Å². The number of hydrogen-bond donors (Lipinski definition) is 0. The molecule has 9 heteroatoms. The Balaban J connectivity index is 1.60. The highest BCUT2D eigenvalue weighted by molar-refractivity contribution is 6.06. The number of benzene rings is 1. The van der Waals surface area contributed by atoms with Crippen molar-refractivity contribution in [1.29, 1.82) is 0 Å². The van der Waals surface area contributed by atoms with Crippen LogP contribution in [0.4, 0.5) is 0 Å². The van der Waals surface area contributed by atoms with Crippen molar-refractivity contribution >= 4 is 22.7 Å². The average Bonchev–Trinajstić information content (AvgIpc) is 3.08. The summed E-state index contributed by atoms with van der Waals surface area (Å²) < 4.78 is 7.57. The number of para-hydroxylation sites is 1. The van der Waals surface area contributed by atoms with Gasteiger partial charge in [0, 0.05) is 26.0 Å². The van der Waals surface area contributed by atoms with Crippen molar-refractivity contribution in [3.63, 3.8) is 0 Å². The van der Waals surface area contributed by atoms with Gasteiger partial charge < -0.3 is 14.5 Å². The van der Waals surface area contributed by atoms with E-state index in [1.165, 1.54) is 0 Å². The van der Waals surface area contributed by atoms with Crippen molar-refractivity contribution in [1.82, 2.24) is 29.5 Å². The SMILES string of the molecule is Cc1nc(C)n(CC(=O)N2CCO[C@@H](c3cc(C(=O)N(C)C)c4ccccc4n3)C2)n1. The van der Waals surface area contributed by atoms with Crippen LogP contribution in [0.5, 0.6) is 0 Å². The summed E-state index contributed by atoms with van der Waals surface area (Å²) in [5.41, 5.74) is 1.95. The fourth-order valence-electron chi connectivity index (χ4n) is 3.77. The second kappa shape index (κ2) is 8.43. The molecule has 31 heavy (non-hydrogen) atoms. The minimum absolute atomic E-state index is 0.0494. The van der Waals surface area contributed by atoms with Crippen LogP contribution < -0.4 is 0 Å². The number of amides is 2. The van der Waals surface area contributed by atoms with Gasteiger partial charge in [0.15, 0.2) is 0 Å². The lowest BCUT2D eigenvalue weighted by molar-refractivity contribution is -0.140. The molecule has 1 aromatic carbocycles. The number of carbonyl (C=O) groups is 2. The quantitative estimate of drug-likeness (QED) is 0.636. The molecule has 162 valence electrons. The highest BCUT2D eigenvalue weighted by Crippen LogP contribution is 2.27. The van der Waals surface area contributed by atoms with Crippen LogP contribution in [0.15, 0.2) is 30.3 Å². The minimum atomic E-state index is -0.408. The molecular formula is C22H26N6O3. The molecule has 1 atom stereocenters. The Hall–Kier alpha value is -3.33. The van der Waals surface area contributed by atoms with Crippen molar-refractivity contribution in [3.8, 4) is 0 Å². The number of fused-ring (bicyclic) bond motifs is 1. The van der Waals surface area contributed by atoms with E-state index in [2.05, 4.69) is 10.1 Å². The molecule has 0 spiro atoms. The van der Waals surface area contributed by atoms with Gasteiger partial charge in [0.25, 0.3) is 5.91 Å². The van der Waals surface area contributed by atoms with E-state index in [1.54, 1.807) is 41.6 Å². The zero-order chi connectivity index (χ0) is 22.1. The van der Waals surface area contributed by atoms with Gasteiger partial charge in [-0.15, -0.1) is 0 Å². The third-order valence-corrected chi connectivity index (χ3v) is 5.37. The number of aromatic nitrogens is 4. The third kappa shape index (κ3) is 4.27. The first-order valence-electron chi connectivity index (χ1n) is 10.2. The van der Waals surface area contributed by atoms with Crippen LogP contribution in [0, 0.1) is 13.8 Å². The number of pyridine rings is 1. The number of carbonyl (C=O) groups excluding carboxylic acids is 2. The van der Waals surface area contributed by atoms with Crippen LogP contribution in [-0.2, 0) is 16.1 Å². The molecule has 1 fully saturated rings. The summed E-state index contributed by atoms with van der Waals surface area (Å²) in [6.45, 7) is 5.03. The molecular weight excluding hydrogens is 396 g/mol. The lowest BCUT2D eigenvalue weighted by Gasteiger charge is -2.33. The van der Waals surface area contributed by atoms with Crippen molar-refractivity contribution in [3.05, 3.63) is 53.2 Å². The fourth-order valence-corrected chi connectivity index (χ4v) is 3.77. The largest absolute Gasteiger partial charge is 0.368 e. The molecule has 0 aliphatic carbocycles. The van der Waals surface area contributed by atoms with E-state index in [9.17, 15) is 9.59 Å². The van der Waals surface area contributed by atoms with Gasteiger partial charge in [-0.05, 0) is 26.0 Å². The van der Waals surface area contributed by atoms with Crippen molar-refractivity contribution in [2.75, 3.05) is 33.8 Å². The number of ether oxygens (including phenoxy) is 1. The number of hydrogen-bond acceptors (Lipinski definition) is 6. The summed E-state index contributed by atoms with van der Waals surface area (Å²) in [6, 6.07) is 9.34. The Kier molecular flexibility index (Phi) is 5.69. The number of nitrogens with zero attached hydrogens (tertiary/aromatic N) is 6. The van der Waals surface area contributed by atoms with E-state index in [0.717, 1.165) is 10.9 Å². The van der Waals surface area contributed by atoms with Gasteiger partial charge in [0.05, 0.1) is 29.9 Å². The smallest absolute Gasteiger partial charge is 0.254 e. The van der Waals surface area contributed by atoms with Gasteiger partial charge in [-0.25, -0.2) is 14.6 Å². The lowest BCUT2D eigenvalue weighted by atomic mass is 10.0. The van der Waals surface area contributed by atoms with Gasteiger partial charge in [-0.1, -0.05) is 18.2 Å². The maximum Gasteiger partial charge on any atom is 0.254 e. The summed E-state index contributed by atoms with van der Waals surface area (Å²) in [5.74, 6) is 1.20. The molecule has 0 unspecified atom stereocenters. The Morgan fingerprint density at radius 2 is 1.97 bits per heavy atom. The highest BCUT2D eigenvalue weighted by atomic mass is 16.5. The first-order chi connectivity index (χ1) is 14.8. The first-order valence-corrected chi connectivity index (χ1v) is 10.2. The predicted octanol–water partition coefficient (Wildman–Crippen LogP) is 1.75. The molecule has 1 saturated heterocycles. The van der Waals surface area contributed by atoms with E-state index in [4.69, 9.17) is 9.72 Å². The Bertz CT molecular complexity index is 1140. The molecule has 0 radical (unpaired) electrons. The Morgan fingerprint density at radius 3 is 2.68 bits per heavy atom. The number of rotatable bonds is 4. The third-order valence-electron chi connectivity index (χ3n) is 5.37. The van der Waals surface area contributed by atoms with E-state index in [0.29, 0.717) is 42.6 Å². The summed E-state index contributed by atoms with van der Waals surface area (Å²) in [4.78, 5) is 38.0. The first kappa shape index (κ1) is 20.9. The van der Waals surface area contributed by atoms with Crippen molar-refractivity contribution in [2.45, 2.75) is 26.5 Å². The monoisotopic (exact) mass is 422 g/mol. The van der Waals surface area contributed by atoms with Gasteiger partial charge in [0.1, 0.15) is 24.3 Å². The highest BCUT2D eigenvalue weighted by Gasteiger charge is 2.28. The standard InChI is InChI=1S/C22H26N6O3/c1-14-23-15(2)28(25-14)13-21(29)27-9-10-31-20(12-27)19-11-17(22(30)26(3)4)16-7-5-6-8-18(16)24-19/h5-8,11,20H,9-10,12-13H2,1-4H3/t20-/m1/s1. The van der Waals surface area contributed by atoms with E-state index in [1.807, 2.05) is 31.2 Å². The van der Waals surface area contributed by atoms with Gasteiger partial charge in [-0.3, -0.25) is 9.59 Å². The summed E-state index contributed by atoms with van der Waals surface area (Å²) in [6.07, 6.45) is -0.408. The molecule has 0 N–H and O–H groups in total. The number of morpholine rings is 1. The van der Waals surface area contributed by atoms with Crippen molar-refractivity contribution < 1.29 is 14.3 Å². The molecule has 1 aliphatic heterocycles. The summed E-state index contributed by atoms with van der Waals surface area (Å²) >= 11 is 0. The average molecular weight is 422 g/mol. The van der Waals surface area contributed by atoms with E-state index >= 15 is 0 Å². The number of aryl methyl sites for hydroxylation is 2. The van der Waals surface area contributed by atoms with E-state index in [-0.39, 0.29) is 18.4 Å². The second-order valence-electron chi connectivity index (χ2n) is 7.87. The molecule has 9 nitrogen and oxygen atoms in total. The fraction of sp³-hybridized carbons (Fsp3) is 0.409. The van der Waals surface area contributed by atoms with Crippen LogP contribution in [0.3, 0.4) is 0 Å². The second-order valence-corrected chi connectivity index (χ2v) is 7.87. The van der Waals surface area contributed by atoms with Crippen LogP contribution in [-0.4, -0.2) is 75.2 Å². The van der Waals surface area contributed by atoms with Gasteiger partial charge in [-0.2, -0.15) is 5.10 Å². The molecule has 0 saturated carbocycles. The van der Waals surface area contributed by atoms with Crippen LogP contribution >= 0.6 is 0 Å². The Morgan fingerprint density at radius 1 is 1.19 bits per heavy atom. The summed E-state index contributed by atoms with van der Waals surface area (Å²) in [7, 11) is 3.45. The molecule has 4 rings (SSSR count). The van der Waals surface area contributed by atoms with Crippen LogP contribution in [0.25, 0.3) is 10.9 Å². The predicted molar refractivity (Wildman–Crippen MR) is 115 cm³/mol. The topological polar surface area (TPSA) is 93.5 Å². The summed E-state index contributed by atoms with van der Waals surface area (Å²) in [5, 5.41) is 5.07. The maximum absolute atomic E-state index is 12.9. The zero-order valence-corrected chi connectivity index (χ0v) is 18.2. The molecule has 1 aliphatic rings. The van der Waals surface area contributed by atoms with Crippen LogP contribution in [0.1, 0.15) is 33.8 Å². The molecule has 0 bridgehead atoms. The lowest BCUT2D eigenvalue weighted by Crippen LogP contribution is -2.44. The molecule has 3 heterocycles. The minimum Gasteiger partial charge on any atom is -0.368 e. The van der Waals surface area contributed by atoms with Gasteiger partial charge in [0.2, 0.25) is 5.91 Å². The molecule has 2 amide bonds. The maximum atomic E-state index is 12.9. The molecule has 3 aromatic rings. The Labute approximate surface area is 180 Å². The zero-order valence-electron chi connectivity index (χ0n) is 18.2. The van der Waals surface area contributed by atoms with Crippen LogP contribution in [0.2, 0.25) is 0 Å². The molecule has 2 aromatic heterocycles. The van der Waals surface area contributed by atoms with Crippen molar-refractivity contribution in [2.24, 2.45) is 0 Å². The normalized spacial score (nSPS) is 16.5. The van der Waals surface area contributed by atoms with E-state index < -0.39 is 6.10 Å².